The van der Waals surface area contributed by atoms with E-state index in [1.165, 1.54) is 7.11 Å². The first kappa shape index (κ1) is 9.22. The van der Waals surface area contributed by atoms with Crippen molar-refractivity contribution in [2.75, 3.05) is 7.11 Å². The van der Waals surface area contributed by atoms with Gasteiger partial charge in [0.1, 0.15) is 11.9 Å². The van der Waals surface area contributed by atoms with Gasteiger partial charge in [-0.2, -0.15) is 0 Å². The minimum absolute atomic E-state index is 0. The summed E-state index contributed by atoms with van der Waals surface area (Å²) in [4.78, 5) is 0. The molecule has 0 heterocycles. The summed E-state index contributed by atoms with van der Waals surface area (Å²) < 4.78 is 13.0. The maximum absolute atomic E-state index is 9.05. The van der Waals surface area contributed by atoms with Crippen molar-refractivity contribution in [2.45, 2.75) is 0 Å². The molecule has 0 fully saturated rings. The summed E-state index contributed by atoms with van der Waals surface area (Å²) in [5.74, 6) is 0. The van der Waals surface area contributed by atoms with E-state index < -0.39 is 0 Å². The van der Waals surface area contributed by atoms with Gasteiger partial charge in [-0.15, -0.1) is 0 Å². The predicted molar refractivity (Wildman–Crippen MR) is 16.5 cm³/mol. The van der Waals surface area contributed by atoms with Crippen LogP contribution >= 0.6 is 0 Å². The Morgan fingerprint density at radius 2 is 2.00 bits per heavy atom. The third-order valence-electron chi connectivity index (χ3n) is 0.0745. The van der Waals surface area contributed by atoms with Crippen molar-refractivity contribution in [2.24, 2.45) is 0 Å². The molecule has 4 heteroatoms. The molecule has 0 spiro atoms. The molecule has 0 N–H and O–H groups in total. The second kappa shape index (κ2) is 8.83. The quantitative estimate of drug-likeness (QED) is 0.397. The number of hydrogen-bond acceptors (Lipinski definition) is 2. The largest absolute Gasteiger partial charge is 0.296 e. The zero-order valence-electron chi connectivity index (χ0n) is 2.97. The molecule has 0 aliphatic carbocycles. The van der Waals surface area contributed by atoms with Gasteiger partial charge in [0, 0.05) is 19.5 Å². The summed E-state index contributed by atoms with van der Waals surface area (Å²) in [7, 11) is 1.36. The van der Waals surface area contributed by atoms with Crippen LogP contribution in [0.1, 0.15) is 0 Å². The van der Waals surface area contributed by atoms with Gasteiger partial charge in [-0.25, -0.2) is 4.21 Å². The van der Waals surface area contributed by atoms with Crippen LogP contribution in [0.25, 0.3) is 0 Å². The van der Waals surface area contributed by atoms with E-state index in [1.54, 1.807) is 0 Å². The third kappa shape index (κ3) is 11.8. The van der Waals surface area contributed by atoms with Gasteiger partial charge in [0.2, 0.25) is 0 Å². The van der Waals surface area contributed by atoms with Gasteiger partial charge in [0.25, 0.3) is 0 Å². The molecular weight excluding hydrogens is 141 g/mol. The molecule has 0 unspecified atom stereocenters. The van der Waals surface area contributed by atoms with Gasteiger partial charge in [-0.05, 0) is 0 Å². The van der Waals surface area contributed by atoms with Crippen LogP contribution in [-0.2, 0) is 35.6 Å². The Bertz CT molecular complexity index is 23.6. The van der Waals surface area contributed by atoms with Crippen molar-refractivity contribution in [3.05, 3.63) is 0 Å². The first-order valence-corrected chi connectivity index (χ1v) is 1.50. The van der Waals surface area contributed by atoms with Crippen LogP contribution in [0.5, 0.6) is 0 Å². The Morgan fingerprint density at radius 3 is 2.00 bits per heavy atom. The van der Waals surface area contributed by atoms with E-state index in [9.17, 15) is 0 Å². The first-order valence-electron chi connectivity index (χ1n) is 0.773. The Balaban J connectivity index is 0. The van der Waals surface area contributed by atoms with Crippen molar-refractivity contribution in [3.8, 4) is 0 Å². The van der Waals surface area contributed by atoms with E-state index in [0.717, 1.165) is 0 Å². The van der Waals surface area contributed by atoms with Crippen molar-refractivity contribution in [3.63, 3.8) is 0 Å². The van der Waals surface area contributed by atoms with E-state index in [2.05, 4.69) is 4.18 Å². The monoisotopic (exact) mass is 144 g/mol. The fourth-order valence-electron chi connectivity index (χ4n) is 0. The summed E-state index contributed by atoms with van der Waals surface area (Å²) in [6.45, 7) is 0. The minimum atomic E-state index is -0.252. The Morgan fingerprint density at radius 1 is 1.80 bits per heavy atom. The van der Waals surface area contributed by atoms with Crippen molar-refractivity contribution >= 4 is 11.9 Å². The maximum atomic E-state index is 9.05. The van der Waals surface area contributed by atoms with Gasteiger partial charge in [-0.3, -0.25) is 4.18 Å². The molecule has 5 heavy (non-hydrogen) atoms. The SMILES string of the molecule is CO[SH]=O.[Zn]. The average Bonchev–Trinajstić information content (AvgIpc) is 1.37. The number of hydrogen-bond donors (Lipinski definition) is 1. The molecular formula is CH4O2SZn. The van der Waals surface area contributed by atoms with Crippen LogP contribution in [-0.4, -0.2) is 11.3 Å². The van der Waals surface area contributed by atoms with E-state index in [0.29, 0.717) is 0 Å². The van der Waals surface area contributed by atoms with Crippen LogP contribution < -0.4 is 0 Å². The van der Waals surface area contributed by atoms with Crippen molar-refractivity contribution < 1.29 is 27.9 Å². The molecule has 0 saturated carbocycles. The standard InChI is InChI=1S/CH4O2S.Zn/c1-3-4-2;/h4H,1H3;. The molecule has 0 aromatic rings. The Kier molecular flexibility index (Phi) is 16.3. The number of rotatable bonds is 1. The summed E-state index contributed by atoms with van der Waals surface area (Å²) >= 11 is -0.252. The fraction of sp³-hybridized carbons (Fsp3) is 1.00. The van der Waals surface area contributed by atoms with Gasteiger partial charge < -0.3 is 0 Å². The maximum Gasteiger partial charge on any atom is 0.141 e. The van der Waals surface area contributed by atoms with E-state index >= 15 is 0 Å². The van der Waals surface area contributed by atoms with Crippen LogP contribution in [0.2, 0.25) is 0 Å². The van der Waals surface area contributed by atoms with Gasteiger partial charge in [0.15, 0.2) is 0 Å². The second-order valence-corrected chi connectivity index (χ2v) is 0.771. The zero-order valence-corrected chi connectivity index (χ0v) is 6.83. The molecule has 0 atom stereocenters. The van der Waals surface area contributed by atoms with Gasteiger partial charge in [-0.1, -0.05) is 0 Å². The molecule has 0 aromatic carbocycles. The predicted octanol–water partition coefficient (Wildman–Crippen LogP) is -0.509. The smallest absolute Gasteiger partial charge is 0.141 e. The molecule has 0 saturated heterocycles. The Hall–Kier alpha value is 0.733. The normalized spacial score (nSPS) is 5.80. The molecule has 2 nitrogen and oxygen atoms in total. The molecule has 0 bridgehead atoms. The zero-order chi connectivity index (χ0) is 3.41. The topological polar surface area (TPSA) is 26.3 Å². The van der Waals surface area contributed by atoms with Crippen LogP contribution in [0.4, 0.5) is 0 Å². The van der Waals surface area contributed by atoms with E-state index in [1.807, 2.05) is 0 Å². The summed E-state index contributed by atoms with van der Waals surface area (Å²) in [6, 6.07) is 0. The third-order valence-corrected chi connectivity index (χ3v) is 0.224. The minimum Gasteiger partial charge on any atom is -0.296 e. The van der Waals surface area contributed by atoms with Crippen molar-refractivity contribution in [1.82, 2.24) is 0 Å². The second-order valence-electron chi connectivity index (χ2n) is 0.257. The van der Waals surface area contributed by atoms with Crippen molar-refractivity contribution in [1.29, 1.82) is 0 Å². The van der Waals surface area contributed by atoms with Gasteiger partial charge >= 0.3 is 0 Å². The average molecular weight is 145 g/mol. The molecule has 0 radical (unpaired) electrons. The molecule has 0 aliphatic rings. The van der Waals surface area contributed by atoms with Crippen LogP contribution in [0, 0.1) is 0 Å². The molecule has 0 amide bonds. The molecule has 0 aromatic heterocycles. The van der Waals surface area contributed by atoms with Gasteiger partial charge in [0.05, 0.1) is 7.11 Å². The molecule has 28 valence electrons. The first-order chi connectivity index (χ1) is 1.91. The number of thiol groups is 1. The summed E-state index contributed by atoms with van der Waals surface area (Å²) in [5.41, 5.74) is 0. The molecule has 0 aliphatic heterocycles. The summed E-state index contributed by atoms with van der Waals surface area (Å²) in [6.07, 6.45) is 0. The van der Waals surface area contributed by atoms with Crippen LogP contribution in [0.15, 0.2) is 0 Å². The fourth-order valence-corrected chi connectivity index (χ4v) is 0. The van der Waals surface area contributed by atoms with Crippen LogP contribution in [0.3, 0.4) is 0 Å². The molecule has 0 rings (SSSR count). The van der Waals surface area contributed by atoms with E-state index in [-0.39, 0.29) is 31.4 Å². The van der Waals surface area contributed by atoms with E-state index in [4.69, 9.17) is 4.21 Å². The summed E-state index contributed by atoms with van der Waals surface area (Å²) in [5, 5.41) is 0. The Labute approximate surface area is 47.4 Å².